The fourth-order valence-electron chi connectivity index (χ4n) is 2.56. The summed E-state index contributed by atoms with van der Waals surface area (Å²) in [6, 6.07) is 10.4. The molecule has 24 heavy (non-hydrogen) atoms. The van der Waals surface area contributed by atoms with Gasteiger partial charge in [-0.2, -0.15) is 0 Å². The van der Waals surface area contributed by atoms with Crippen LogP contribution in [0.2, 0.25) is 5.02 Å². The summed E-state index contributed by atoms with van der Waals surface area (Å²) >= 11 is 5.98. The van der Waals surface area contributed by atoms with Crippen LogP contribution in [-0.4, -0.2) is 22.4 Å². The summed E-state index contributed by atoms with van der Waals surface area (Å²) in [4.78, 5) is 11.8. The van der Waals surface area contributed by atoms with Crippen LogP contribution in [0.25, 0.3) is 0 Å². The summed E-state index contributed by atoms with van der Waals surface area (Å²) in [6.45, 7) is -0.260. The highest BCUT2D eigenvalue weighted by Crippen LogP contribution is 2.35. The van der Waals surface area contributed by atoms with Crippen molar-refractivity contribution in [2.45, 2.75) is 0 Å². The molecule has 0 aromatic heterocycles. The van der Waals surface area contributed by atoms with E-state index in [2.05, 4.69) is 0 Å². The van der Waals surface area contributed by atoms with E-state index < -0.39 is 10.7 Å². The monoisotopic (exact) mass is 347 g/mol. The fraction of sp³-hybridized carbons (Fsp3) is 0.0625. The molecule has 2 aromatic carbocycles. The van der Waals surface area contributed by atoms with Gasteiger partial charge in [0.25, 0.3) is 6.20 Å². The Hall–Kier alpha value is -2.93. The molecule has 0 fully saturated rings. The molecule has 0 bridgehead atoms. The van der Waals surface area contributed by atoms with E-state index in [1.165, 1.54) is 29.3 Å². The minimum Gasteiger partial charge on any atom is -0.623 e. The Labute approximate surface area is 141 Å². The van der Waals surface area contributed by atoms with E-state index in [0.717, 1.165) is 6.20 Å². The van der Waals surface area contributed by atoms with Crippen molar-refractivity contribution >= 4 is 29.2 Å². The minimum atomic E-state index is -0.642. The molecule has 0 saturated heterocycles. The summed E-state index contributed by atoms with van der Waals surface area (Å²) in [7, 11) is 0. The number of benzodiazepines with no additional fused rings is 1. The van der Waals surface area contributed by atoms with E-state index >= 15 is 0 Å². The lowest BCUT2D eigenvalue weighted by Crippen LogP contribution is -2.22. The molecular weight excluding hydrogens is 337 g/mol. The van der Waals surface area contributed by atoms with Gasteiger partial charge in [-0.05, 0) is 36.4 Å². The molecule has 6 nitrogen and oxygen atoms in total. The van der Waals surface area contributed by atoms with Gasteiger partial charge >= 0.3 is 0 Å². The van der Waals surface area contributed by atoms with Crippen LogP contribution in [0.1, 0.15) is 5.56 Å². The highest BCUT2D eigenvalue weighted by atomic mass is 35.5. The van der Waals surface area contributed by atoms with E-state index in [9.17, 15) is 19.7 Å². The van der Waals surface area contributed by atoms with Crippen molar-refractivity contribution < 1.29 is 14.1 Å². The molecule has 0 saturated carbocycles. The number of anilines is 2. The second-order valence-electron chi connectivity index (χ2n) is 5.13. The zero-order valence-electron chi connectivity index (χ0n) is 12.2. The summed E-state index contributed by atoms with van der Waals surface area (Å²) in [6.07, 6.45) is 2.04. The molecule has 1 aliphatic heterocycles. The van der Waals surface area contributed by atoms with Gasteiger partial charge in [0.15, 0.2) is 18.5 Å². The maximum atomic E-state index is 13.6. The Morgan fingerprint density at radius 3 is 2.79 bits per heavy atom. The van der Waals surface area contributed by atoms with Gasteiger partial charge in [-0.1, -0.05) is 17.7 Å². The smallest absolute Gasteiger partial charge is 0.260 e. The molecule has 0 radical (unpaired) electrons. The number of halogens is 2. The molecule has 122 valence electrons. The zero-order valence-corrected chi connectivity index (χ0v) is 13.0. The lowest BCUT2D eigenvalue weighted by molar-refractivity contribution is -0.447. The Morgan fingerprint density at radius 1 is 1.29 bits per heavy atom. The van der Waals surface area contributed by atoms with Crippen molar-refractivity contribution in [1.82, 2.24) is 0 Å². The summed E-state index contributed by atoms with van der Waals surface area (Å²) in [5.74, 6) is -0.490. The number of rotatable bonds is 2. The maximum absolute atomic E-state index is 13.6. The van der Waals surface area contributed by atoms with Crippen molar-refractivity contribution in [3.8, 4) is 0 Å². The molecule has 0 atom stereocenters. The Balaban J connectivity index is 2.27. The van der Waals surface area contributed by atoms with Crippen molar-refractivity contribution in [2.75, 3.05) is 11.4 Å². The van der Waals surface area contributed by atoms with Crippen LogP contribution in [-0.2, 0) is 0 Å². The number of hydrogen-bond acceptors (Lipinski definition) is 4. The number of hydrogen-bond donors (Lipinski definition) is 0. The fourth-order valence-corrected chi connectivity index (χ4v) is 2.74. The average molecular weight is 348 g/mol. The highest BCUT2D eigenvalue weighted by Gasteiger charge is 2.26. The van der Waals surface area contributed by atoms with Crippen molar-refractivity contribution in [3.63, 3.8) is 0 Å². The Bertz CT molecular complexity index is 883. The van der Waals surface area contributed by atoms with Crippen molar-refractivity contribution in [1.29, 1.82) is 0 Å². The van der Waals surface area contributed by atoms with Gasteiger partial charge in [0.1, 0.15) is 5.82 Å². The lowest BCUT2D eigenvalue weighted by Gasteiger charge is -2.24. The first-order chi connectivity index (χ1) is 11.4. The molecule has 1 heterocycles. The quantitative estimate of drug-likeness (QED) is 0.359. The molecule has 3 rings (SSSR count). The van der Waals surface area contributed by atoms with Gasteiger partial charge in [0.05, 0.1) is 16.2 Å². The SMILES string of the molecule is O=[N+]([O-])/C=C1\C[N+]([O-])=Cc2cc(Cl)ccc2N1c1cccc(F)c1. The zero-order chi connectivity index (χ0) is 17.3. The second-order valence-corrected chi connectivity index (χ2v) is 5.56. The van der Waals surface area contributed by atoms with Crippen LogP contribution < -0.4 is 4.90 Å². The van der Waals surface area contributed by atoms with Gasteiger partial charge in [-0.3, -0.25) is 10.1 Å². The van der Waals surface area contributed by atoms with E-state index in [1.54, 1.807) is 24.3 Å². The molecule has 8 heteroatoms. The molecule has 0 amide bonds. The summed E-state index contributed by atoms with van der Waals surface area (Å²) in [5.41, 5.74) is 1.46. The first-order valence-electron chi connectivity index (χ1n) is 6.92. The second kappa shape index (κ2) is 6.29. The van der Waals surface area contributed by atoms with E-state index in [-0.39, 0.29) is 12.2 Å². The van der Waals surface area contributed by atoms with Gasteiger partial charge in [0.2, 0.25) is 0 Å². The third-order valence-corrected chi connectivity index (χ3v) is 3.67. The Kier molecular flexibility index (Phi) is 4.18. The normalized spacial score (nSPS) is 15.7. The number of nitrogens with zero attached hydrogens (tertiary/aromatic N) is 3. The van der Waals surface area contributed by atoms with Gasteiger partial charge in [-0.15, -0.1) is 0 Å². The van der Waals surface area contributed by atoms with E-state index in [1.807, 2.05) is 0 Å². The molecule has 2 aromatic rings. The lowest BCUT2D eigenvalue weighted by atomic mass is 10.1. The first-order valence-corrected chi connectivity index (χ1v) is 7.30. The summed E-state index contributed by atoms with van der Waals surface area (Å²) in [5, 5.41) is 23.4. The molecule has 0 aliphatic carbocycles. The third-order valence-electron chi connectivity index (χ3n) is 3.44. The number of fused-ring (bicyclic) bond motifs is 1. The van der Waals surface area contributed by atoms with Crippen molar-refractivity contribution in [2.24, 2.45) is 0 Å². The van der Waals surface area contributed by atoms with Crippen LogP contribution in [0.15, 0.2) is 54.4 Å². The standard InChI is InChI=1S/C16H11ClFN3O3/c17-12-4-5-16-11(6-12)8-19(22)9-15(10-20(23)24)21(16)14-3-1-2-13(18)7-14/h1-8,10H,9H2/b15-10+. The third kappa shape index (κ3) is 3.21. The van der Waals surface area contributed by atoms with Crippen LogP contribution in [0, 0.1) is 21.1 Å². The number of benzene rings is 2. The number of nitro groups is 1. The highest BCUT2D eigenvalue weighted by molar-refractivity contribution is 6.31. The topological polar surface area (TPSA) is 72.4 Å². The van der Waals surface area contributed by atoms with Crippen LogP contribution >= 0.6 is 11.6 Å². The van der Waals surface area contributed by atoms with Gasteiger partial charge in [-0.25, -0.2) is 9.13 Å². The largest absolute Gasteiger partial charge is 0.623 e. The van der Waals surface area contributed by atoms with Crippen LogP contribution in [0.5, 0.6) is 0 Å². The van der Waals surface area contributed by atoms with Crippen LogP contribution in [0.4, 0.5) is 15.8 Å². The van der Waals surface area contributed by atoms with Gasteiger partial charge < -0.3 is 10.1 Å². The molecule has 0 spiro atoms. The first kappa shape index (κ1) is 15.9. The average Bonchev–Trinajstić information content (AvgIpc) is 2.61. The van der Waals surface area contributed by atoms with Gasteiger partial charge in [0, 0.05) is 10.7 Å². The summed E-state index contributed by atoms with van der Waals surface area (Å²) < 4.78 is 14.2. The molecule has 0 unspecified atom stereocenters. The Morgan fingerprint density at radius 2 is 2.08 bits per heavy atom. The van der Waals surface area contributed by atoms with Crippen molar-refractivity contribution in [3.05, 3.63) is 86.1 Å². The minimum absolute atomic E-state index is 0.109. The molecular formula is C16H11ClFN3O3. The maximum Gasteiger partial charge on any atom is 0.260 e. The predicted molar refractivity (Wildman–Crippen MR) is 88.7 cm³/mol. The molecule has 0 N–H and O–H groups in total. The predicted octanol–water partition coefficient (Wildman–Crippen LogP) is 3.68. The van der Waals surface area contributed by atoms with Crippen LogP contribution in [0.3, 0.4) is 0 Å². The molecule has 1 aliphatic rings. The van der Waals surface area contributed by atoms with E-state index in [4.69, 9.17) is 11.6 Å². The van der Waals surface area contributed by atoms with E-state index in [0.29, 0.717) is 26.7 Å². The number of hydroxylamine groups is 1.